The number of benzene rings is 2. The monoisotopic (exact) mass is 389 g/mol. The summed E-state index contributed by atoms with van der Waals surface area (Å²) in [5, 5.41) is 5.99. The van der Waals surface area contributed by atoms with Gasteiger partial charge in [0.2, 0.25) is 0 Å². The number of nitrogens with two attached hydrogens (primary N) is 1. The van der Waals surface area contributed by atoms with Crippen molar-refractivity contribution < 1.29 is 13.2 Å². The van der Waals surface area contributed by atoms with Crippen LogP contribution in [0.25, 0.3) is 11.1 Å². The molecule has 0 saturated heterocycles. The highest BCUT2D eigenvalue weighted by Gasteiger charge is 2.37. The predicted molar refractivity (Wildman–Crippen MR) is 101 cm³/mol. The summed E-state index contributed by atoms with van der Waals surface area (Å²) in [5.74, 6) is 0.427. The van der Waals surface area contributed by atoms with Crippen LogP contribution in [-0.4, -0.2) is 11.0 Å². The van der Waals surface area contributed by atoms with Crippen LogP contribution in [0, 0.1) is 0 Å². The predicted octanol–water partition coefficient (Wildman–Crippen LogP) is 5.06. The van der Waals surface area contributed by atoms with Crippen LogP contribution < -0.4 is 11.1 Å². The van der Waals surface area contributed by atoms with Gasteiger partial charge in [0.05, 0.1) is 11.3 Å². The average Bonchev–Trinajstić information content (AvgIpc) is 3.32. The van der Waals surface area contributed by atoms with Gasteiger partial charge in [0.1, 0.15) is 0 Å². The van der Waals surface area contributed by atoms with Crippen molar-refractivity contribution in [2.75, 3.05) is 5.73 Å². The Morgan fingerprint density at radius 2 is 1.89 bits per heavy atom. The van der Waals surface area contributed by atoms with Gasteiger partial charge >= 0.3 is 6.18 Å². The van der Waals surface area contributed by atoms with Gasteiger partial charge in [-0.05, 0) is 35.2 Å². The van der Waals surface area contributed by atoms with Crippen molar-refractivity contribution in [2.45, 2.75) is 31.1 Å². The van der Waals surface area contributed by atoms with E-state index in [2.05, 4.69) is 10.3 Å². The number of nitrogens with one attached hydrogen (secondary N) is 1. The number of rotatable bonds is 5. The molecule has 1 aliphatic rings. The maximum Gasteiger partial charge on any atom is 0.416 e. The molecule has 1 fully saturated rings. The molecule has 0 amide bonds. The molecule has 27 heavy (non-hydrogen) atoms. The fourth-order valence-electron chi connectivity index (χ4n) is 3.23. The zero-order valence-electron chi connectivity index (χ0n) is 14.3. The second-order valence-corrected chi connectivity index (χ2v) is 7.60. The fraction of sp³-hybridized carbons (Fsp3) is 0.250. The summed E-state index contributed by atoms with van der Waals surface area (Å²) in [4.78, 5) is 4.23. The van der Waals surface area contributed by atoms with E-state index in [-0.39, 0.29) is 0 Å². The molecule has 0 bridgehead atoms. The number of anilines is 1. The van der Waals surface area contributed by atoms with Gasteiger partial charge in [0.15, 0.2) is 5.13 Å². The lowest BCUT2D eigenvalue weighted by molar-refractivity contribution is -0.137. The first-order valence-electron chi connectivity index (χ1n) is 8.61. The molecule has 3 N–H and O–H groups in total. The van der Waals surface area contributed by atoms with Gasteiger partial charge < -0.3 is 11.1 Å². The molecule has 7 heteroatoms. The normalized spacial score (nSPS) is 19.2. The summed E-state index contributed by atoms with van der Waals surface area (Å²) < 4.78 is 38.7. The Hall–Kier alpha value is -2.38. The summed E-state index contributed by atoms with van der Waals surface area (Å²) >= 11 is 1.43. The Labute approximate surface area is 159 Å². The summed E-state index contributed by atoms with van der Waals surface area (Å²) in [6.07, 6.45) is -3.28. The molecule has 0 aliphatic heterocycles. The molecular formula is C20H18F3N3S. The maximum atomic E-state index is 12.9. The molecule has 0 radical (unpaired) electrons. The SMILES string of the molecule is Nc1nc(CN[C@H]2C[C@@H]2c2ccc(-c3cccc(C(F)(F)F)c3)cc2)cs1. The lowest BCUT2D eigenvalue weighted by Gasteiger charge is -2.09. The minimum atomic E-state index is -4.33. The molecule has 140 valence electrons. The maximum absolute atomic E-state index is 12.9. The lowest BCUT2D eigenvalue weighted by Crippen LogP contribution is -2.17. The van der Waals surface area contributed by atoms with E-state index in [0.717, 1.165) is 23.7 Å². The molecule has 0 unspecified atom stereocenters. The fourth-order valence-corrected chi connectivity index (χ4v) is 3.79. The Morgan fingerprint density at radius 3 is 2.56 bits per heavy atom. The van der Waals surface area contributed by atoms with Gasteiger partial charge in [-0.3, -0.25) is 0 Å². The van der Waals surface area contributed by atoms with Crippen LogP contribution in [-0.2, 0) is 12.7 Å². The summed E-state index contributed by atoms with van der Waals surface area (Å²) in [5.41, 5.74) is 8.50. The van der Waals surface area contributed by atoms with E-state index < -0.39 is 11.7 Å². The number of hydrogen-bond donors (Lipinski definition) is 2. The van der Waals surface area contributed by atoms with E-state index in [1.165, 1.54) is 29.0 Å². The van der Waals surface area contributed by atoms with Gasteiger partial charge in [0.25, 0.3) is 0 Å². The smallest absolute Gasteiger partial charge is 0.375 e. The van der Waals surface area contributed by atoms with Crippen molar-refractivity contribution in [2.24, 2.45) is 0 Å². The van der Waals surface area contributed by atoms with Crippen LogP contribution in [0.2, 0.25) is 0 Å². The third-order valence-corrected chi connectivity index (χ3v) is 5.49. The number of nitrogen functional groups attached to an aromatic ring is 1. The van der Waals surface area contributed by atoms with Crippen LogP contribution in [0.3, 0.4) is 0 Å². The number of alkyl halides is 3. The number of nitrogens with zero attached hydrogens (tertiary/aromatic N) is 1. The quantitative estimate of drug-likeness (QED) is 0.642. The second kappa shape index (κ2) is 6.98. The Morgan fingerprint density at radius 1 is 1.11 bits per heavy atom. The van der Waals surface area contributed by atoms with E-state index >= 15 is 0 Å². The number of thiazole rings is 1. The van der Waals surface area contributed by atoms with Gasteiger partial charge in [-0.2, -0.15) is 13.2 Å². The summed E-state index contributed by atoms with van der Waals surface area (Å²) in [6.45, 7) is 0.692. The topological polar surface area (TPSA) is 50.9 Å². The van der Waals surface area contributed by atoms with Crippen molar-refractivity contribution in [3.63, 3.8) is 0 Å². The van der Waals surface area contributed by atoms with Crippen LogP contribution in [0.5, 0.6) is 0 Å². The minimum Gasteiger partial charge on any atom is -0.375 e. The Balaban J connectivity index is 1.40. The van der Waals surface area contributed by atoms with Crippen molar-refractivity contribution in [1.29, 1.82) is 0 Å². The first-order chi connectivity index (χ1) is 12.9. The van der Waals surface area contributed by atoms with E-state index in [4.69, 9.17) is 5.73 Å². The molecule has 3 aromatic rings. The number of hydrogen-bond acceptors (Lipinski definition) is 4. The molecule has 1 aliphatic carbocycles. The number of halogens is 3. The van der Waals surface area contributed by atoms with Crippen LogP contribution >= 0.6 is 11.3 Å². The van der Waals surface area contributed by atoms with E-state index in [9.17, 15) is 13.2 Å². The van der Waals surface area contributed by atoms with E-state index in [0.29, 0.717) is 29.2 Å². The van der Waals surface area contributed by atoms with Gasteiger partial charge in [0, 0.05) is 23.9 Å². The summed E-state index contributed by atoms with van der Waals surface area (Å²) in [6, 6.07) is 13.6. The zero-order valence-corrected chi connectivity index (χ0v) is 15.1. The number of aromatic nitrogens is 1. The highest BCUT2D eigenvalue weighted by Crippen LogP contribution is 2.41. The zero-order chi connectivity index (χ0) is 19.0. The first kappa shape index (κ1) is 18.0. The minimum absolute atomic E-state index is 0.396. The van der Waals surface area contributed by atoms with Crippen LogP contribution in [0.15, 0.2) is 53.9 Å². The molecule has 0 spiro atoms. The van der Waals surface area contributed by atoms with Gasteiger partial charge in [-0.1, -0.05) is 36.4 Å². The lowest BCUT2D eigenvalue weighted by atomic mass is 10.0. The third-order valence-electron chi connectivity index (χ3n) is 4.77. The van der Waals surface area contributed by atoms with Crippen LogP contribution in [0.4, 0.5) is 18.3 Å². The molecule has 1 saturated carbocycles. The van der Waals surface area contributed by atoms with Crippen molar-refractivity contribution in [3.05, 3.63) is 70.7 Å². The molecular weight excluding hydrogens is 371 g/mol. The molecule has 3 nitrogen and oxygen atoms in total. The standard InChI is InChI=1S/C20H18F3N3S/c21-20(22,23)15-3-1-2-14(8-15)12-4-6-13(7-5-12)17-9-18(17)25-10-16-11-27-19(24)26-16/h1-8,11,17-18,25H,9-10H2,(H2,24,26)/t17-,18+/m1/s1. The second-order valence-electron chi connectivity index (χ2n) is 6.71. The first-order valence-corrected chi connectivity index (χ1v) is 9.49. The average molecular weight is 389 g/mol. The third kappa shape index (κ3) is 4.14. The Bertz CT molecular complexity index is 934. The van der Waals surface area contributed by atoms with Crippen molar-refractivity contribution in [1.82, 2.24) is 10.3 Å². The highest BCUT2D eigenvalue weighted by molar-refractivity contribution is 7.13. The van der Waals surface area contributed by atoms with Crippen molar-refractivity contribution in [3.8, 4) is 11.1 Å². The highest BCUT2D eigenvalue weighted by atomic mass is 32.1. The van der Waals surface area contributed by atoms with Crippen LogP contribution in [0.1, 0.15) is 29.2 Å². The van der Waals surface area contributed by atoms with Gasteiger partial charge in [-0.25, -0.2) is 4.98 Å². The molecule has 2 aromatic carbocycles. The molecule has 1 aromatic heterocycles. The molecule has 1 heterocycles. The van der Waals surface area contributed by atoms with Crippen molar-refractivity contribution >= 4 is 16.5 Å². The molecule has 2 atom stereocenters. The van der Waals surface area contributed by atoms with E-state index in [1.54, 1.807) is 6.07 Å². The largest absolute Gasteiger partial charge is 0.416 e. The Kier molecular flexibility index (Phi) is 4.65. The van der Waals surface area contributed by atoms with Gasteiger partial charge in [-0.15, -0.1) is 11.3 Å². The molecule has 4 rings (SSSR count). The van der Waals surface area contributed by atoms with E-state index in [1.807, 2.05) is 29.6 Å². The summed E-state index contributed by atoms with van der Waals surface area (Å²) in [7, 11) is 0.